The molecule has 0 saturated carbocycles. The monoisotopic (exact) mass is 1170 g/mol. The Hall–Kier alpha value is -1.18. The third-order valence-electron chi connectivity index (χ3n) is 20.8. The molecule has 0 radical (unpaired) electrons. The summed E-state index contributed by atoms with van der Waals surface area (Å²) in [5.41, 5.74) is 0. The SMILES string of the molecule is CCCCCCCCCCCCCC(CCCCCCCCCCCCC)CC(=O)OCC1O[C@@H](O[C@@H]2OC(COC(=O)CC(CCCCCCCCCCCCC)CCCCCCCCCCCCC)[C@H](C)[C@H](C)C2C)C(C)[C@@H](C)[C@H]1C. The maximum atomic E-state index is 13.8. The quantitative estimate of drug-likeness (QED) is 0.0443. The molecule has 83 heavy (non-hydrogen) atoms. The maximum Gasteiger partial charge on any atom is 0.306 e. The van der Waals surface area contributed by atoms with Crippen LogP contribution in [0.5, 0.6) is 0 Å². The number of carbonyl (C=O) groups excluding carboxylic acids is 2. The van der Waals surface area contributed by atoms with Gasteiger partial charge in [0.2, 0.25) is 0 Å². The number of ether oxygens (including phenoxy) is 5. The second kappa shape index (κ2) is 53.8. The van der Waals surface area contributed by atoms with E-state index in [-0.39, 0.29) is 61.0 Å². The highest BCUT2D eigenvalue weighted by molar-refractivity contribution is 5.70. The van der Waals surface area contributed by atoms with E-state index >= 15 is 0 Å². The molecular weight excluding hydrogens is 1020 g/mol. The van der Waals surface area contributed by atoms with E-state index in [4.69, 9.17) is 23.7 Å². The van der Waals surface area contributed by atoms with Crippen LogP contribution in [0.3, 0.4) is 0 Å². The summed E-state index contributed by atoms with van der Waals surface area (Å²) in [6.45, 7) is 23.2. The van der Waals surface area contributed by atoms with Gasteiger partial charge in [-0.3, -0.25) is 9.59 Å². The predicted molar refractivity (Wildman–Crippen MR) is 356 cm³/mol. The van der Waals surface area contributed by atoms with Crippen LogP contribution in [0.25, 0.3) is 0 Å². The molecule has 2 aliphatic rings. The first-order valence-electron chi connectivity index (χ1n) is 37.7. The molecule has 7 heteroatoms. The Morgan fingerprint density at radius 2 is 0.494 bits per heavy atom. The first-order valence-corrected chi connectivity index (χ1v) is 37.7. The minimum atomic E-state index is -0.483. The van der Waals surface area contributed by atoms with E-state index in [9.17, 15) is 9.59 Å². The van der Waals surface area contributed by atoms with Crippen LogP contribution in [-0.2, 0) is 33.3 Å². The van der Waals surface area contributed by atoms with E-state index in [1.165, 1.54) is 283 Å². The highest BCUT2D eigenvalue weighted by Gasteiger charge is 2.46. The lowest BCUT2D eigenvalue weighted by atomic mass is 9.78. The van der Waals surface area contributed by atoms with Gasteiger partial charge in [0, 0.05) is 24.7 Å². The normalized spacial score (nSPS) is 22.9. The zero-order valence-electron chi connectivity index (χ0n) is 57.6. The summed E-state index contributed by atoms with van der Waals surface area (Å²) in [5.74, 6) is 1.95. The average Bonchev–Trinajstić information content (AvgIpc) is 3.64. The van der Waals surface area contributed by atoms with Gasteiger partial charge in [0.15, 0.2) is 12.6 Å². The highest BCUT2D eigenvalue weighted by Crippen LogP contribution is 2.41. The van der Waals surface area contributed by atoms with Crippen LogP contribution < -0.4 is 0 Å². The minimum Gasteiger partial charge on any atom is -0.463 e. The summed E-state index contributed by atoms with van der Waals surface area (Å²) in [6.07, 6.45) is 63.3. The topological polar surface area (TPSA) is 80.3 Å². The Morgan fingerprint density at radius 1 is 0.289 bits per heavy atom. The molecule has 0 N–H and O–H groups in total. The van der Waals surface area contributed by atoms with Crippen molar-refractivity contribution in [3.05, 3.63) is 0 Å². The summed E-state index contributed by atoms with van der Waals surface area (Å²) in [7, 11) is 0. The van der Waals surface area contributed by atoms with Crippen LogP contribution in [0.4, 0.5) is 0 Å². The van der Waals surface area contributed by atoms with Crippen LogP contribution in [0.1, 0.15) is 390 Å². The highest BCUT2D eigenvalue weighted by atomic mass is 16.8. The van der Waals surface area contributed by atoms with Gasteiger partial charge in [-0.05, 0) is 61.2 Å². The molecule has 0 aliphatic carbocycles. The molecule has 0 bridgehead atoms. The van der Waals surface area contributed by atoms with E-state index in [0.717, 1.165) is 25.7 Å². The standard InChI is InChI=1S/C76H146O7/c1-11-15-19-23-27-31-35-39-43-47-51-55-69(56-52-48-44-40-36-32-28-24-20-16-12-2)59-73(77)79-61-71-65(7)63(5)67(9)75(81-71)83-76-68(10)64(6)66(8)72(82-76)62-80-74(78)60-70(57-53-49-45-41-37-33-29-25-21-17-13-3)58-54-50-46-42-38-34-30-26-22-18-14-4/h63-72,75-76H,11-62H2,1-10H3/t63-,64-,65+,66+,67?,68?,71?,72?,75-,76-/m0/s1. The van der Waals surface area contributed by atoms with Gasteiger partial charge in [0.05, 0.1) is 12.2 Å². The number of unbranched alkanes of at least 4 members (excludes halogenated alkanes) is 40. The van der Waals surface area contributed by atoms with Crippen molar-refractivity contribution in [1.29, 1.82) is 0 Å². The van der Waals surface area contributed by atoms with Crippen LogP contribution in [0, 0.1) is 47.3 Å². The zero-order valence-corrected chi connectivity index (χ0v) is 57.6. The van der Waals surface area contributed by atoms with Gasteiger partial charge in [-0.1, -0.05) is 352 Å². The van der Waals surface area contributed by atoms with E-state index in [1.54, 1.807) is 0 Å². The summed E-state index contributed by atoms with van der Waals surface area (Å²) >= 11 is 0. The third-order valence-corrected chi connectivity index (χ3v) is 20.8. The number of hydrogen-bond donors (Lipinski definition) is 0. The van der Waals surface area contributed by atoms with Crippen molar-refractivity contribution >= 4 is 11.9 Å². The minimum absolute atomic E-state index is 0.0698. The van der Waals surface area contributed by atoms with Gasteiger partial charge >= 0.3 is 11.9 Å². The van der Waals surface area contributed by atoms with Crippen molar-refractivity contribution in [1.82, 2.24) is 0 Å². The van der Waals surface area contributed by atoms with Crippen molar-refractivity contribution in [2.24, 2.45) is 47.3 Å². The lowest BCUT2D eigenvalue weighted by Crippen LogP contribution is -2.53. The Kier molecular flexibility index (Phi) is 50.5. The molecule has 2 heterocycles. The Bertz CT molecular complexity index is 1280. The predicted octanol–water partition coefficient (Wildman–Crippen LogP) is 24.2. The fourth-order valence-corrected chi connectivity index (χ4v) is 13.8. The van der Waals surface area contributed by atoms with Crippen LogP contribution in [0.15, 0.2) is 0 Å². The van der Waals surface area contributed by atoms with E-state index < -0.39 is 12.6 Å². The molecule has 2 fully saturated rings. The molecule has 2 aliphatic heterocycles. The zero-order chi connectivity index (χ0) is 60.4. The Morgan fingerprint density at radius 3 is 0.711 bits per heavy atom. The van der Waals surface area contributed by atoms with Gasteiger partial charge in [-0.25, -0.2) is 0 Å². The van der Waals surface area contributed by atoms with Gasteiger partial charge in [-0.2, -0.15) is 0 Å². The van der Waals surface area contributed by atoms with Crippen molar-refractivity contribution in [3.63, 3.8) is 0 Å². The lowest BCUT2D eigenvalue weighted by molar-refractivity contribution is -0.344. The van der Waals surface area contributed by atoms with E-state index in [1.807, 2.05) is 0 Å². The van der Waals surface area contributed by atoms with Crippen LogP contribution >= 0.6 is 0 Å². The second-order valence-corrected chi connectivity index (χ2v) is 28.2. The smallest absolute Gasteiger partial charge is 0.306 e. The molecule has 2 saturated heterocycles. The van der Waals surface area contributed by atoms with Crippen LogP contribution in [0.2, 0.25) is 0 Å². The molecule has 0 amide bonds. The maximum absolute atomic E-state index is 13.8. The summed E-state index contributed by atoms with van der Waals surface area (Å²) < 4.78 is 32.9. The van der Waals surface area contributed by atoms with Gasteiger partial charge in [-0.15, -0.1) is 0 Å². The summed E-state index contributed by atoms with van der Waals surface area (Å²) in [6, 6.07) is 0. The molecule has 10 atom stereocenters. The molecule has 2 rings (SSSR count). The van der Waals surface area contributed by atoms with Gasteiger partial charge < -0.3 is 23.7 Å². The number of hydrogen-bond acceptors (Lipinski definition) is 7. The summed E-state index contributed by atoms with van der Waals surface area (Å²) in [5, 5.41) is 0. The molecule has 7 nitrogen and oxygen atoms in total. The first-order chi connectivity index (χ1) is 40.5. The van der Waals surface area contributed by atoms with Crippen molar-refractivity contribution < 1.29 is 33.3 Å². The Balaban J connectivity index is 1.94. The number of rotatable bonds is 58. The molecular formula is C76H146O7. The number of esters is 2. The molecule has 0 spiro atoms. The molecule has 0 aromatic carbocycles. The largest absolute Gasteiger partial charge is 0.463 e. The first kappa shape index (κ1) is 77.9. The van der Waals surface area contributed by atoms with Crippen LogP contribution in [-0.4, -0.2) is 49.9 Å². The Labute approximate surface area is 518 Å². The van der Waals surface area contributed by atoms with Crippen molar-refractivity contribution in [2.45, 2.75) is 415 Å². The van der Waals surface area contributed by atoms with Crippen molar-refractivity contribution in [2.75, 3.05) is 13.2 Å². The molecule has 0 aromatic heterocycles. The van der Waals surface area contributed by atoms with Gasteiger partial charge in [0.25, 0.3) is 0 Å². The molecule has 0 aromatic rings. The third kappa shape index (κ3) is 39.4. The second-order valence-electron chi connectivity index (χ2n) is 28.2. The van der Waals surface area contributed by atoms with Crippen molar-refractivity contribution in [3.8, 4) is 0 Å². The fraction of sp³-hybridized carbons (Fsp3) is 0.974. The molecule has 492 valence electrons. The van der Waals surface area contributed by atoms with E-state index in [0.29, 0.717) is 36.5 Å². The average molecular weight is 1170 g/mol. The number of carbonyl (C=O) groups is 2. The van der Waals surface area contributed by atoms with E-state index in [2.05, 4.69) is 69.2 Å². The molecule has 4 unspecified atom stereocenters. The van der Waals surface area contributed by atoms with Gasteiger partial charge in [0.1, 0.15) is 13.2 Å². The lowest BCUT2D eigenvalue weighted by Gasteiger charge is -2.48. The summed E-state index contributed by atoms with van der Waals surface area (Å²) in [4.78, 5) is 27.5. The fourth-order valence-electron chi connectivity index (χ4n) is 13.8.